The van der Waals surface area contributed by atoms with Crippen molar-refractivity contribution in [3.63, 3.8) is 0 Å². The molecule has 3 aromatic rings. The normalized spacial score (nSPS) is 13.8. The molecule has 2 N–H and O–H groups in total. The van der Waals surface area contributed by atoms with Gasteiger partial charge < -0.3 is 15.2 Å². The molecule has 0 radical (unpaired) electrons. The Morgan fingerprint density at radius 3 is 2.68 bits per heavy atom. The van der Waals surface area contributed by atoms with E-state index >= 15 is 0 Å². The van der Waals surface area contributed by atoms with Gasteiger partial charge in [0, 0.05) is 11.8 Å². The maximum Gasteiger partial charge on any atom is 0.163 e. The van der Waals surface area contributed by atoms with Crippen LogP contribution in [0.25, 0.3) is 10.8 Å². The number of benzene rings is 3. The Bertz CT molecular complexity index is 935. The Labute approximate surface area is 150 Å². The highest BCUT2D eigenvalue weighted by atomic mass is 32.2. The summed E-state index contributed by atoms with van der Waals surface area (Å²) in [6, 6.07) is 20.3. The highest BCUT2D eigenvalue weighted by Gasteiger charge is 2.11. The predicted molar refractivity (Wildman–Crippen MR) is 104 cm³/mol. The van der Waals surface area contributed by atoms with Crippen molar-refractivity contribution in [1.82, 2.24) is 0 Å². The van der Waals surface area contributed by atoms with Gasteiger partial charge in [-0.1, -0.05) is 54.2 Å². The van der Waals surface area contributed by atoms with E-state index in [1.807, 2.05) is 18.2 Å². The molecule has 0 aliphatic carbocycles. The van der Waals surface area contributed by atoms with E-state index in [2.05, 4.69) is 47.5 Å². The molecule has 1 aliphatic heterocycles. The van der Waals surface area contributed by atoms with Crippen LogP contribution in [0, 0.1) is 0 Å². The summed E-state index contributed by atoms with van der Waals surface area (Å²) in [4.78, 5) is 4.48. The van der Waals surface area contributed by atoms with Gasteiger partial charge in [0.1, 0.15) is 13.2 Å². The van der Waals surface area contributed by atoms with Gasteiger partial charge in [0.2, 0.25) is 0 Å². The molecule has 4 nitrogen and oxygen atoms in total. The summed E-state index contributed by atoms with van der Waals surface area (Å²) < 4.78 is 11.1. The molecule has 1 aliphatic rings. The van der Waals surface area contributed by atoms with Crippen molar-refractivity contribution in [2.45, 2.75) is 5.75 Å². The Balaban J connectivity index is 1.50. The molecule has 0 bridgehead atoms. The highest BCUT2D eigenvalue weighted by molar-refractivity contribution is 8.13. The van der Waals surface area contributed by atoms with Crippen LogP contribution in [0.4, 0.5) is 5.69 Å². The van der Waals surface area contributed by atoms with Crippen molar-refractivity contribution in [3.8, 4) is 11.5 Å². The molecule has 25 heavy (non-hydrogen) atoms. The van der Waals surface area contributed by atoms with Crippen molar-refractivity contribution < 1.29 is 9.47 Å². The molecule has 0 aromatic heterocycles. The van der Waals surface area contributed by atoms with E-state index in [1.54, 1.807) is 0 Å². The minimum atomic E-state index is 0.532. The minimum Gasteiger partial charge on any atom is -0.486 e. The quantitative estimate of drug-likeness (QED) is 0.558. The summed E-state index contributed by atoms with van der Waals surface area (Å²) in [6.45, 7) is 1.14. The van der Waals surface area contributed by atoms with Gasteiger partial charge in [0.15, 0.2) is 16.7 Å². The molecule has 0 atom stereocenters. The summed E-state index contributed by atoms with van der Waals surface area (Å²) in [7, 11) is 0. The van der Waals surface area contributed by atoms with Gasteiger partial charge in [-0.3, -0.25) is 0 Å². The smallest absolute Gasteiger partial charge is 0.163 e. The van der Waals surface area contributed by atoms with Crippen molar-refractivity contribution >= 4 is 33.4 Å². The van der Waals surface area contributed by atoms with Crippen LogP contribution in [-0.4, -0.2) is 18.4 Å². The van der Waals surface area contributed by atoms with E-state index in [-0.39, 0.29) is 0 Å². The van der Waals surface area contributed by atoms with Gasteiger partial charge in [-0.2, -0.15) is 0 Å². The molecule has 126 valence electrons. The Kier molecular flexibility index (Phi) is 4.48. The lowest BCUT2D eigenvalue weighted by molar-refractivity contribution is 0.171. The molecule has 4 rings (SSSR count). The lowest BCUT2D eigenvalue weighted by Crippen LogP contribution is -2.15. The molecule has 0 spiro atoms. The van der Waals surface area contributed by atoms with E-state index in [4.69, 9.17) is 15.2 Å². The average Bonchev–Trinajstić information content (AvgIpc) is 2.66. The fraction of sp³-hybridized carbons (Fsp3) is 0.150. The number of amidine groups is 1. The largest absolute Gasteiger partial charge is 0.486 e. The van der Waals surface area contributed by atoms with E-state index in [0.29, 0.717) is 18.4 Å². The van der Waals surface area contributed by atoms with Crippen LogP contribution in [0.15, 0.2) is 65.7 Å². The first-order valence-corrected chi connectivity index (χ1v) is 9.11. The summed E-state index contributed by atoms with van der Waals surface area (Å²) in [6.07, 6.45) is 0. The third-order valence-electron chi connectivity index (χ3n) is 4.02. The maximum absolute atomic E-state index is 6.11. The minimum absolute atomic E-state index is 0.532. The second-order valence-electron chi connectivity index (χ2n) is 5.70. The van der Waals surface area contributed by atoms with Crippen LogP contribution in [0.2, 0.25) is 0 Å². The monoisotopic (exact) mass is 350 g/mol. The molecule has 0 amide bonds. The Morgan fingerprint density at radius 1 is 0.960 bits per heavy atom. The number of aliphatic imine (C=N–C) groups is 1. The first kappa shape index (κ1) is 15.8. The lowest BCUT2D eigenvalue weighted by atomic mass is 10.1. The number of ether oxygens (including phenoxy) is 2. The predicted octanol–water partition coefficient (Wildman–Crippen LogP) is 4.49. The van der Waals surface area contributed by atoms with Gasteiger partial charge in [-0.05, 0) is 28.5 Å². The van der Waals surface area contributed by atoms with Crippen LogP contribution in [0.1, 0.15) is 5.56 Å². The van der Waals surface area contributed by atoms with Gasteiger partial charge in [0.05, 0.1) is 5.69 Å². The van der Waals surface area contributed by atoms with Crippen LogP contribution < -0.4 is 15.2 Å². The number of nitrogens with two attached hydrogens (primary N) is 1. The molecule has 0 fully saturated rings. The molecule has 5 heteroatoms. The van der Waals surface area contributed by atoms with Gasteiger partial charge in [0.25, 0.3) is 0 Å². The number of hydrogen-bond donors (Lipinski definition) is 1. The zero-order valence-electron chi connectivity index (χ0n) is 13.6. The molecular formula is C20H18N2O2S. The lowest BCUT2D eigenvalue weighted by Gasteiger charge is -2.18. The molecule has 0 saturated heterocycles. The standard InChI is InChI=1S/C20H18N2O2S/c21-20(22-16-8-9-18-19(12-16)24-11-10-23-18)25-13-15-6-3-5-14-4-1-2-7-17(14)15/h1-9,12H,10-11,13H2,(H2,21,22). The van der Waals surface area contributed by atoms with Crippen LogP contribution in [0.3, 0.4) is 0 Å². The fourth-order valence-corrected chi connectivity index (χ4v) is 3.56. The zero-order chi connectivity index (χ0) is 17.1. The summed E-state index contributed by atoms with van der Waals surface area (Å²) >= 11 is 1.53. The summed E-state index contributed by atoms with van der Waals surface area (Å²) in [5.41, 5.74) is 8.14. The van der Waals surface area contributed by atoms with Crippen LogP contribution >= 0.6 is 11.8 Å². The van der Waals surface area contributed by atoms with Crippen molar-refractivity contribution in [2.75, 3.05) is 13.2 Å². The highest BCUT2D eigenvalue weighted by Crippen LogP contribution is 2.34. The van der Waals surface area contributed by atoms with Gasteiger partial charge in [-0.25, -0.2) is 4.99 Å². The first-order chi connectivity index (χ1) is 12.3. The van der Waals surface area contributed by atoms with E-state index < -0.39 is 0 Å². The number of thioether (sulfide) groups is 1. The fourth-order valence-electron chi connectivity index (χ4n) is 2.83. The number of fused-ring (bicyclic) bond motifs is 2. The molecular weight excluding hydrogens is 332 g/mol. The Morgan fingerprint density at radius 2 is 1.76 bits per heavy atom. The number of hydrogen-bond acceptors (Lipinski definition) is 4. The third kappa shape index (κ3) is 3.56. The summed E-state index contributed by atoms with van der Waals surface area (Å²) in [5.74, 6) is 2.26. The van der Waals surface area contributed by atoms with Crippen molar-refractivity contribution in [3.05, 3.63) is 66.2 Å². The van der Waals surface area contributed by atoms with E-state index in [9.17, 15) is 0 Å². The first-order valence-electron chi connectivity index (χ1n) is 8.13. The molecule has 3 aromatic carbocycles. The van der Waals surface area contributed by atoms with Crippen molar-refractivity contribution in [1.29, 1.82) is 0 Å². The van der Waals surface area contributed by atoms with Gasteiger partial charge in [-0.15, -0.1) is 0 Å². The topological polar surface area (TPSA) is 56.8 Å². The SMILES string of the molecule is NC(=Nc1ccc2c(c1)OCCO2)SCc1cccc2ccccc12. The van der Waals surface area contributed by atoms with Gasteiger partial charge >= 0.3 is 0 Å². The maximum atomic E-state index is 6.11. The third-order valence-corrected chi connectivity index (χ3v) is 4.86. The zero-order valence-corrected chi connectivity index (χ0v) is 14.5. The summed E-state index contributed by atoms with van der Waals surface area (Å²) in [5, 5.41) is 3.03. The molecule has 0 unspecified atom stereocenters. The average molecular weight is 350 g/mol. The second-order valence-corrected chi connectivity index (χ2v) is 6.70. The second kappa shape index (κ2) is 7.07. The van der Waals surface area contributed by atoms with Crippen molar-refractivity contribution in [2.24, 2.45) is 10.7 Å². The molecule has 1 heterocycles. The Hall–Kier alpha value is -2.66. The van der Waals surface area contributed by atoms with Crippen LogP contribution in [0.5, 0.6) is 11.5 Å². The number of rotatable bonds is 3. The number of nitrogens with zero attached hydrogens (tertiary/aromatic N) is 1. The molecule has 0 saturated carbocycles. The van der Waals surface area contributed by atoms with E-state index in [0.717, 1.165) is 22.9 Å². The van der Waals surface area contributed by atoms with Crippen LogP contribution in [-0.2, 0) is 5.75 Å². The van der Waals surface area contributed by atoms with E-state index in [1.165, 1.54) is 28.1 Å².